The van der Waals surface area contributed by atoms with Crippen molar-refractivity contribution in [1.29, 1.82) is 0 Å². The van der Waals surface area contributed by atoms with Crippen molar-refractivity contribution in [3.05, 3.63) is 83.9 Å². The highest BCUT2D eigenvalue weighted by atomic mass is 16.5. The van der Waals surface area contributed by atoms with Crippen molar-refractivity contribution < 1.29 is 23.9 Å². The Labute approximate surface area is 180 Å². The maximum absolute atomic E-state index is 12.0. The highest BCUT2D eigenvalue weighted by molar-refractivity contribution is 5.96. The summed E-state index contributed by atoms with van der Waals surface area (Å²) in [4.78, 5) is 47.2. The van der Waals surface area contributed by atoms with Crippen molar-refractivity contribution in [3.8, 4) is 0 Å². The van der Waals surface area contributed by atoms with E-state index in [2.05, 4.69) is 22.5 Å². The predicted octanol–water partition coefficient (Wildman–Crippen LogP) is 0.877. The third-order valence-electron chi connectivity index (χ3n) is 4.11. The first kappa shape index (κ1) is 23.3. The summed E-state index contributed by atoms with van der Waals surface area (Å²) in [6.45, 7) is 2.91. The molecule has 0 spiro atoms. The molecule has 0 unspecified atom stereocenters. The monoisotopic (exact) mass is 423 g/mol. The summed E-state index contributed by atoms with van der Waals surface area (Å²) >= 11 is 0. The van der Waals surface area contributed by atoms with Gasteiger partial charge in [-0.1, -0.05) is 67.2 Å². The summed E-state index contributed by atoms with van der Waals surface area (Å²) in [7, 11) is 0. The van der Waals surface area contributed by atoms with E-state index < -0.39 is 23.7 Å². The Morgan fingerprint density at radius 2 is 1.23 bits per heavy atom. The van der Waals surface area contributed by atoms with E-state index in [0.29, 0.717) is 12.0 Å². The number of carbonyl (C=O) groups excluding carboxylic acids is 4. The van der Waals surface area contributed by atoms with Crippen LogP contribution in [0.4, 0.5) is 0 Å². The van der Waals surface area contributed by atoms with Gasteiger partial charge in [0.05, 0.1) is 13.1 Å². The van der Waals surface area contributed by atoms with Gasteiger partial charge in [0, 0.05) is 12.0 Å². The highest BCUT2D eigenvalue weighted by Gasteiger charge is 2.11. The fourth-order valence-corrected chi connectivity index (χ4v) is 2.47. The van der Waals surface area contributed by atoms with E-state index in [0.717, 1.165) is 11.1 Å². The smallest absolute Gasteiger partial charge is 0.325 e. The molecule has 0 atom stereocenters. The van der Waals surface area contributed by atoms with E-state index in [1.54, 1.807) is 0 Å². The Balaban J connectivity index is 1.57. The predicted molar refractivity (Wildman–Crippen MR) is 115 cm³/mol. The first-order chi connectivity index (χ1) is 14.9. The Bertz CT molecular complexity index is 913. The molecule has 8 nitrogen and oxygen atoms in total. The van der Waals surface area contributed by atoms with Crippen molar-refractivity contribution >= 4 is 23.7 Å². The van der Waals surface area contributed by atoms with Gasteiger partial charge in [0.15, 0.2) is 0 Å². The molecule has 0 fully saturated rings. The highest BCUT2D eigenvalue weighted by Crippen LogP contribution is 2.06. The minimum Gasteiger partial charge on any atom is -0.460 e. The molecule has 2 aromatic carbocycles. The van der Waals surface area contributed by atoms with Crippen LogP contribution < -0.4 is 16.0 Å². The largest absolute Gasteiger partial charge is 0.460 e. The average Bonchev–Trinajstić information content (AvgIpc) is 2.79. The van der Waals surface area contributed by atoms with E-state index >= 15 is 0 Å². The lowest BCUT2D eigenvalue weighted by Crippen LogP contribution is -2.43. The molecule has 2 aromatic rings. The fourth-order valence-electron chi connectivity index (χ4n) is 2.47. The van der Waals surface area contributed by atoms with Crippen molar-refractivity contribution in [1.82, 2.24) is 16.0 Å². The van der Waals surface area contributed by atoms with Crippen LogP contribution in [0, 0.1) is 0 Å². The van der Waals surface area contributed by atoms with E-state index in [4.69, 9.17) is 4.74 Å². The SMILES string of the molecule is C=C(Cc1ccccc1)C(=O)NCC(=O)NCC(=O)NCC(=O)OCc1ccccc1. The van der Waals surface area contributed by atoms with E-state index in [1.807, 2.05) is 60.7 Å². The maximum atomic E-state index is 12.0. The normalized spacial score (nSPS) is 9.94. The minimum atomic E-state index is -0.590. The number of esters is 1. The van der Waals surface area contributed by atoms with Crippen molar-refractivity contribution in [2.24, 2.45) is 0 Å². The zero-order valence-corrected chi connectivity index (χ0v) is 17.1. The molecule has 3 amide bonds. The summed E-state index contributed by atoms with van der Waals surface area (Å²) in [6.07, 6.45) is 0.372. The average molecular weight is 423 g/mol. The molecule has 162 valence electrons. The molecule has 0 saturated heterocycles. The van der Waals surface area contributed by atoms with Gasteiger partial charge in [0.2, 0.25) is 17.7 Å². The molecule has 0 aliphatic carbocycles. The number of nitrogens with one attached hydrogen (secondary N) is 3. The lowest BCUT2D eigenvalue weighted by atomic mass is 10.1. The summed E-state index contributed by atoms with van der Waals surface area (Å²) < 4.78 is 5.04. The second-order valence-corrected chi connectivity index (χ2v) is 6.65. The number of carbonyl (C=O) groups is 4. The number of hydrogen-bond donors (Lipinski definition) is 3. The molecule has 2 rings (SSSR count). The molecule has 0 aliphatic rings. The summed E-state index contributed by atoms with van der Waals surface area (Å²) in [5.41, 5.74) is 2.10. The Kier molecular flexibility index (Phi) is 9.48. The van der Waals surface area contributed by atoms with Gasteiger partial charge in [-0.05, 0) is 11.1 Å². The first-order valence-corrected chi connectivity index (χ1v) is 9.67. The van der Waals surface area contributed by atoms with Crippen molar-refractivity contribution in [2.45, 2.75) is 13.0 Å². The molecule has 31 heavy (non-hydrogen) atoms. The maximum Gasteiger partial charge on any atom is 0.325 e. The van der Waals surface area contributed by atoms with Crippen LogP contribution in [0.3, 0.4) is 0 Å². The molecule has 0 radical (unpaired) electrons. The van der Waals surface area contributed by atoms with Gasteiger partial charge in [-0.25, -0.2) is 0 Å². The van der Waals surface area contributed by atoms with Gasteiger partial charge >= 0.3 is 5.97 Å². The van der Waals surface area contributed by atoms with Crippen LogP contribution in [0.5, 0.6) is 0 Å². The van der Waals surface area contributed by atoms with Crippen molar-refractivity contribution in [2.75, 3.05) is 19.6 Å². The second-order valence-electron chi connectivity index (χ2n) is 6.65. The van der Waals surface area contributed by atoms with Crippen LogP contribution in [0.1, 0.15) is 11.1 Å². The van der Waals surface area contributed by atoms with Gasteiger partial charge < -0.3 is 20.7 Å². The third-order valence-corrected chi connectivity index (χ3v) is 4.11. The molecule has 0 aliphatic heterocycles. The number of amides is 3. The topological polar surface area (TPSA) is 114 Å². The van der Waals surface area contributed by atoms with Gasteiger partial charge in [-0.2, -0.15) is 0 Å². The standard InChI is InChI=1S/C23H25N3O5/c1-17(12-18-8-4-2-5-9-18)23(30)26-14-21(28)24-13-20(27)25-15-22(29)31-16-19-10-6-3-7-11-19/h2-11H,1,12-16H2,(H,24,28)(H,25,27)(H,26,30). The first-order valence-electron chi connectivity index (χ1n) is 9.67. The van der Waals surface area contributed by atoms with Crippen LogP contribution in [-0.4, -0.2) is 43.3 Å². The third kappa shape index (κ3) is 9.40. The van der Waals surface area contributed by atoms with Crippen LogP contribution in [0.15, 0.2) is 72.8 Å². The lowest BCUT2D eigenvalue weighted by molar-refractivity contribution is -0.145. The second kappa shape index (κ2) is 12.6. The number of hydrogen-bond acceptors (Lipinski definition) is 5. The number of rotatable bonds is 11. The number of benzene rings is 2. The molecule has 0 saturated carbocycles. The van der Waals surface area contributed by atoms with Gasteiger partial charge in [-0.15, -0.1) is 0 Å². The van der Waals surface area contributed by atoms with Gasteiger partial charge in [0.25, 0.3) is 0 Å². The van der Waals surface area contributed by atoms with Crippen molar-refractivity contribution in [3.63, 3.8) is 0 Å². The van der Waals surface area contributed by atoms with Crippen LogP contribution in [-0.2, 0) is 36.9 Å². The zero-order valence-electron chi connectivity index (χ0n) is 17.1. The zero-order chi connectivity index (χ0) is 22.5. The van der Waals surface area contributed by atoms with Gasteiger partial charge in [0.1, 0.15) is 13.2 Å². The minimum absolute atomic E-state index is 0.113. The lowest BCUT2D eigenvalue weighted by Gasteiger charge is -2.09. The van der Waals surface area contributed by atoms with Crippen LogP contribution in [0.2, 0.25) is 0 Å². The van der Waals surface area contributed by atoms with Crippen LogP contribution in [0.25, 0.3) is 0 Å². The van der Waals surface area contributed by atoms with E-state index in [1.165, 1.54) is 0 Å². The van der Waals surface area contributed by atoms with E-state index in [-0.39, 0.29) is 26.2 Å². The summed E-state index contributed by atoms with van der Waals surface area (Å²) in [6, 6.07) is 18.5. The quantitative estimate of drug-likeness (QED) is 0.367. The fraction of sp³-hybridized carbons (Fsp3) is 0.217. The summed E-state index contributed by atoms with van der Waals surface area (Å²) in [5, 5.41) is 7.17. The molecule has 0 heterocycles. The van der Waals surface area contributed by atoms with Crippen LogP contribution >= 0.6 is 0 Å². The van der Waals surface area contributed by atoms with Gasteiger partial charge in [-0.3, -0.25) is 19.2 Å². The molecule has 0 aromatic heterocycles. The van der Waals surface area contributed by atoms with E-state index in [9.17, 15) is 19.2 Å². The molecule has 3 N–H and O–H groups in total. The summed E-state index contributed by atoms with van der Waals surface area (Å²) in [5.74, 6) is -2.12. The number of ether oxygens (including phenoxy) is 1. The Morgan fingerprint density at radius 1 is 0.710 bits per heavy atom. The molecular weight excluding hydrogens is 398 g/mol. The Hall–Kier alpha value is -3.94. The Morgan fingerprint density at radius 3 is 1.84 bits per heavy atom. The molecule has 8 heteroatoms. The molecule has 0 bridgehead atoms. The molecular formula is C23H25N3O5.